The molecule has 1 spiro atoms. The Kier molecular flexibility index (Phi) is 8.40. The summed E-state index contributed by atoms with van der Waals surface area (Å²) in [5.41, 5.74) is 4.49. The molecule has 14 heteroatoms. The van der Waals surface area contributed by atoms with Gasteiger partial charge < -0.3 is 24.6 Å². The molecule has 0 aromatic carbocycles. The quantitative estimate of drug-likeness (QED) is 0.325. The van der Waals surface area contributed by atoms with Crippen LogP contribution in [0.5, 0.6) is 0 Å². The van der Waals surface area contributed by atoms with Gasteiger partial charge in [0.05, 0.1) is 17.7 Å². The second-order valence-corrected chi connectivity index (χ2v) is 23.5. The molecule has 0 unspecified atom stereocenters. The Morgan fingerprint density at radius 2 is 1.61 bits per heavy atom. The summed E-state index contributed by atoms with van der Waals surface area (Å²) in [5, 5.41) is 5.19. The first-order chi connectivity index (χ1) is 16.0. The Morgan fingerprint density at radius 1 is 1.08 bits per heavy atom. The minimum atomic E-state index is -4.16. The number of hydrogen-bond acceptors (Lipinski definition) is 9. The molecule has 1 fully saturated rings. The summed E-state index contributed by atoms with van der Waals surface area (Å²) in [6.07, 6.45) is -3.32. The van der Waals surface area contributed by atoms with E-state index in [0.717, 1.165) is 5.41 Å². The van der Waals surface area contributed by atoms with Gasteiger partial charge in [-0.3, -0.25) is 10.1 Å². The maximum atomic E-state index is 12.6. The van der Waals surface area contributed by atoms with Gasteiger partial charge in [-0.05, 0) is 36.3 Å². The molecule has 0 aromatic heterocycles. The molecule has 3 amide bonds. The minimum absolute atomic E-state index is 0.0373. The third-order valence-electron chi connectivity index (χ3n) is 7.66. The van der Waals surface area contributed by atoms with Gasteiger partial charge in [0.15, 0.2) is 28.5 Å². The number of urea groups is 1. The normalized spacial score (nSPS) is 28.8. The summed E-state index contributed by atoms with van der Waals surface area (Å²) in [6.45, 7) is 21.5. The molecule has 4 atom stereocenters. The van der Waals surface area contributed by atoms with Gasteiger partial charge in [0.2, 0.25) is 5.91 Å². The molecule has 0 bridgehead atoms. The second-order valence-electron chi connectivity index (χ2n) is 12.5. The van der Waals surface area contributed by atoms with Gasteiger partial charge in [0, 0.05) is 6.92 Å². The van der Waals surface area contributed by atoms with Crippen molar-refractivity contribution in [3.8, 4) is 0 Å². The van der Waals surface area contributed by atoms with Crippen LogP contribution in [0.25, 0.3) is 0 Å². The van der Waals surface area contributed by atoms with Crippen LogP contribution in [0.15, 0.2) is 11.1 Å². The number of hydrogen-bond donors (Lipinski definition) is 3. The van der Waals surface area contributed by atoms with Crippen LogP contribution in [-0.4, -0.2) is 67.6 Å². The Bertz CT molecular complexity index is 1020. The second kappa shape index (κ2) is 9.78. The number of imide groups is 1. The summed E-state index contributed by atoms with van der Waals surface area (Å²) in [7, 11) is -9.04. The van der Waals surface area contributed by atoms with Crippen molar-refractivity contribution in [1.82, 2.24) is 10.6 Å². The van der Waals surface area contributed by atoms with Crippen molar-refractivity contribution in [3.05, 3.63) is 11.1 Å². The molecule has 0 aromatic rings. The number of rotatable bonds is 6. The third-order valence-corrected chi connectivity index (χ3v) is 17.7. The highest BCUT2D eigenvalue weighted by molar-refractivity contribution is 7.90. The number of carbonyl (C=O) groups excluding carboxylic acids is 2. The lowest BCUT2D eigenvalue weighted by atomic mass is 9.89. The van der Waals surface area contributed by atoms with Gasteiger partial charge in [-0.2, -0.15) is 8.42 Å². The summed E-state index contributed by atoms with van der Waals surface area (Å²) >= 11 is 0. The topological polar surface area (TPSA) is 155 Å². The largest absolute Gasteiger partial charge is 0.414 e. The molecule has 11 nitrogen and oxygen atoms in total. The third kappa shape index (κ3) is 6.22. The van der Waals surface area contributed by atoms with Gasteiger partial charge in [-0.25, -0.2) is 8.98 Å². The SMILES string of the molecule is CC(=O)NC(=O)N[C@@H]1O[C@H](CO[Si](C)(C)C(C)(C)C)[C@@]2(OS(=O)(=O)C=C2N)[C@H]1O[Si](C)(C)C(C)(C)C. The molecule has 208 valence electrons. The lowest BCUT2D eigenvalue weighted by Gasteiger charge is -2.43. The molecule has 1 saturated heterocycles. The van der Waals surface area contributed by atoms with Crippen LogP contribution in [-0.2, 0) is 32.7 Å². The number of nitrogens with two attached hydrogens (primary N) is 1. The molecular formula is C22H43N3O8SSi2. The first-order valence-electron chi connectivity index (χ1n) is 11.9. The van der Waals surface area contributed by atoms with E-state index in [2.05, 4.69) is 44.5 Å². The van der Waals surface area contributed by atoms with E-state index in [1.54, 1.807) is 0 Å². The average molecular weight is 566 g/mol. The summed E-state index contributed by atoms with van der Waals surface area (Å²) in [6, 6.07) is -0.819. The molecule has 2 rings (SSSR count). The fraction of sp³-hybridized carbons (Fsp3) is 0.818. The molecule has 2 aliphatic heterocycles. The number of ether oxygens (including phenoxy) is 1. The highest BCUT2D eigenvalue weighted by Gasteiger charge is 2.67. The zero-order valence-electron chi connectivity index (χ0n) is 23.3. The Hall–Kier alpha value is -1.30. The highest BCUT2D eigenvalue weighted by Crippen LogP contribution is 2.49. The van der Waals surface area contributed by atoms with E-state index in [4.69, 9.17) is 23.5 Å². The Morgan fingerprint density at radius 3 is 2.03 bits per heavy atom. The van der Waals surface area contributed by atoms with E-state index >= 15 is 0 Å². The van der Waals surface area contributed by atoms with E-state index in [1.807, 2.05) is 33.9 Å². The van der Waals surface area contributed by atoms with Crippen LogP contribution in [0.3, 0.4) is 0 Å². The summed E-state index contributed by atoms with van der Waals surface area (Å²) in [4.78, 5) is 23.9. The van der Waals surface area contributed by atoms with Crippen molar-refractivity contribution in [1.29, 1.82) is 0 Å². The van der Waals surface area contributed by atoms with Crippen molar-refractivity contribution >= 4 is 38.7 Å². The van der Waals surface area contributed by atoms with Crippen molar-refractivity contribution in [2.75, 3.05) is 6.61 Å². The van der Waals surface area contributed by atoms with Crippen LogP contribution < -0.4 is 16.4 Å². The lowest BCUT2D eigenvalue weighted by molar-refractivity contribution is -0.118. The molecule has 2 heterocycles. The van der Waals surface area contributed by atoms with E-state index in [0.29, 0.717) is 0 Å². The average Bonchev–Trinajstić information content (AvgIpc) is 3.04. The van der Waals surface area contributed by atoms with Crippen LogP contribution >= 0.6 is 0 Å². The van der Waals surface area contributed by atoms with Gasteiger partial charge in [0.25, 0.3) is 10.1 Å². The zero-order valence-corrected chi connectivity index (χ0v) is 26.1. The fourth-order valence-corrected chi connectivity index (χ4v) is 6.98. The predicted octanol–water partition coefficient (Wildman–Crippen LogP) is 2.87. The molecule has 0 radical (unpaired) electrons. The zero-order chi connectivity index (χ0) is 28.1. The standard InChI is InChI=1S/C22H43N3O8SSi2/c1-14(26)24-19(27)25-18-17(32-36(10,11)21(5,6)7)22(15(23)13-34(28,29)33-22)16(31-18)12-30-35(8,9)20(2,3)4/h13,16-18H,12,23H2,1-11H3,(H2,24,25,26,27)/t16-,17+,18-,22-/m1/s1. The maximum absolute atomic E-state index is 12.6. The van der Waals surface area contributed by atoms with Crippen LogP contribution in [0.2, 0.25) is 36.3 Å². The molecule has 0 saturated carbocycles. The number of nitrogens with one attached hydrogen (secondary N) is 2. The fourth-order valence-electron chi connectivity index (χ4n) is 3.46. The molecule has 4 N–H and O–H groups in total. The summed E-state index contributed by atoms with van der Waals surface area (Å²) < 4.78 is 50.1. The van der Waals surface area contributed by atoms with E-state index in [-0.39, 0.29) is 22.4 Å². The van der Waals surface area contributed by atoms with E-state index in [9.17, 15) is 18.0 Å². The maximum Gasteiger partial charge on any atom is 0.323 e. The van der Waals surface area contributed by atoms with Crippen LogP contribution in [0.4, 0.5) is 4.79 Å². The highest BCUT2D eigenvalue weighted by atomic mass is 32.2. The Balaban J connectivity index is 2.59. The first-order valence-corrected chi connectivity index (χ1v) is 19.2. The van der Waals surface area contributed by atoms with Gasteiger partial charge in [0.1, 0.15) is 12.2 Å². The lowest BCUT2D eigenvalue weighted by Crippen LogP contribution is -2.61. The van der Waals surface area contributed by atoms with Crippen molar-refractivity contribution in [2.24, 2.45) is 5.73 Å². The smallest absolute Gasteiger partial charge is 0.323 e. The first kappa shape index (κ1) is 30.9. The van der Waals surface area contributed by atoms with Crippen LogP contribution in [0.1, 0.15) is 48.5 Å². The molecule has 2 aliphatic rings. The van der Waals surface area contributed by atoms with Gasteiger partial charge in [-0.1, -0.05) is 41.5 Å². The minimum Gasteiger partial charge on any atom is -0.414 e. The number of amides is 3. The van der Waals surface area contributed by atoms with E-state index < -0.39 is 62.7 Å². The monoisotopic (exact) mass is 565 g/mol. The van der Waals surface area contributed by atoms with Crippen molar-refractivity contribution in [2.45, 2.75) is 109 Å². The summed E-state index contributed by atoms with van der Waals surface area (Å²) in [5.74, 6) is -0.570. The van der Waals surface area contributed by atoms with Crippen LogP contribution in [0, 0.1) is 0 Å². The van der Waals surface area contributed by atoms with Crippen molar-refractivity contribution < 1.29 is 35.8 Å². The van der Waals surface area contributed by atoms with Gasteiger partial charge >= 0.3 is 6.03 Å². The predicted molar refractivity (Wildman–Crippen MR) is 141 cm³/mol. The molecule has 0 aliphatic carbocycles. The van der Waals surface area contributed by atoms with Gasteiger partial charge in [-0.15, -0.1) is 0 Å². The Labute approximate surface area is 217 Å². The van der Waals surface area contributed by atoms with Crippen molar-refractivity contribution in [3.63, 3.8) is 0 Å². The van der Waals surface area contributed by atoms with E-state index in [1.165, 1.54) is 6.92 Å². The molecular weight excluding hydrogens is 522 g/mol. The number of carbonyl (C=O) groups is 2. The molecule has 36 heavy (non-hydrogen) atoms.